The highest BCUT2D eigenvalue weighted by Crippen LogP contribution is 2.37. The minimum absolute atomic E-state index is 0.108. The number of thiazole rings is 1. The largest absolute Gasteiger partial charge is 0.482 e. The summed E-state index contributed by atoms with van der Waals surface area (Å²) in [6, 6.07) is 17.0. The molecule has 0 bridgehead atoms. The Kier molecular flexibility index (Phi) is 5.81. The number of benzene rings is 2. The molecular weight excluding hydrogens is 448 g/mol. The lowest BCUT2D eigenvalue weighted by molar-refractivity contribution is -0.123. The number of ether oxygens (including phenoxy) is 1. The molecule has 0 unspecified atom stereocenters. The predicted octanol–water partition coefficient (Wildman–Crippen LogP) is 4.85. The van der Waals surface area contributed by atoms with Crippen LogP contribution in [0.25, 0.3) is 22.0 Å². The highest BCUT2D eigenvalue weighted by molar-refractivity contribution is 7.13. The van der Waals surface area contributed by atoms with Crippen molar-refractivity contribution >= 4 is 34.5 Å². The molecule has 8 heteroatoms. The molecule has 5 rings (SSSR count). The molecule has 4 aromatic rings. The Morgan fingerprint density at radius 3 is 2.82 bits per heavy atom. The average Bonchev–Trinajstić information content (AvgIpc) is 3.35. The van der Waals surface area contributed by atoms with E-state index in [0.717, 1.165) is 38.8 Å². The Hall–Kier alpha value is -4.04. The van der Waals surface area contributed by atoms with Crippen LogP contribution in [0.3, 0.4) is 0 Å². The first-order chi connectivity index (χ1) is 16.5. The zero-order chi connectivity index (χ0) is 23.7. The van der Waals surface area contributed by atoms with Crippen molar-refractivity contribution in [2.45, 2.75) is 13.8 Å². The van der Waals surface area contributed by atoms with Crippen molar-refractivity contribution in [1.29, 1.82) is 0 Å². The van der Waals surface area contributed by atoms with Crippen molar-refractivity contribution in [3.05, 3.63) is 77.3 Å². The molecule has 1 aliphatic rings. The standard InChI is InChI=1S/C26H22N4O3S/c1-16-6-5-8-19(17(16)2)28-24(31)13-30-22-12-18(9-10-23(22)33-14-25(30)32)21-15-34-26(29-21)20-7-3-4-11-27-20/h3-12,15H,13-14H2,1-2H3,(H,28,31). The quantitative estimate of drug-likeness (QED) is 0.451. The van der Waals surface area contributed by atoms with Gasteiger partial charge in [0.2, 0.25) is 5.91 Å². The van der Waals surface area contributed by atoms with Gasteiger partial charge in [-0.25, -0.2) is 4.98 Å². The molecule has 2 aromatic heterocycles. The number of hydrogen-bond acceptors (Lipinski definition) is 6. The number of hydrogen-bond donors (Lipinski definition) is 1. The molecule has 0 atom stereocenters. The summed E-state index contributed by atoms with van der Waals surface area (Å²) < 4.78 is 5.62. The zero-order valence-corrected chi connectivity index (χ0v) is 19.6. The van der Waals surface area contributed by atoms with Crippen LogP contribution in [0.4, 0.5) is 11.4 Å². The fourth-order valence-electron chi connectivity index (χ4n) is 3.77. The molecule has 1 aliphatic heterocycles. The van der Waals surface area contributed by atoms with Gasteiger partial charge in [0.1, 0.15) is 17.3 Å². The number of aromatic nitrogens is 2. The second-order valence-electron chi connectivity index (χ2n) is 8.00. The molecule has 0 saturated carbocycles. The first-order valence-corrected chi connectivity index (χ1v) is 11.7. The van der Waals surface area contributed by atoms with Gasteiger partial charge in [0.15, 0.2) is 6.61 Å². The van der Waals surface area contributed by atoms with Crippen LogP contribution in [0, 0.1) is 13.8 Å². The lowest BCUT2D eigenvalue weighted by atomic mass is 10.1. The second-order valence-corrected chi connectivity index (χ2v) is 8.86. The Balaban J connectivity index is 1.41. The molecule has 3 heterocycles. The van der Waals surface area contributed by atoms with Crippen molar-refractivity contribution in [1.82, 2.24) is 9.97 Å². The summed E-state index contributed by atoms with van der Waals surface area (Å²) in [5.74, 6) is 0.0164. The number of aryl methyl sites for hydroxylation is 1. The number of nitrogens with one attached hydrogen (secondary N) is 1. The van der Waals surface area contributed by atoms with Crippen molar-refractivity contribution in [2.75, 3.05) is 23.4 Å². The number of nitrogens with zero attached hydrogens (tertiary/aromatic N) is 3. The molecule has 7 nitrogen and oxygen atoms in total. The third-order valence-electron chi connectivity index (χ3n) is 5.77. The Morgan fingerprint density at radius 1 is 1.12 bits per heavy atom. The molecule has 1 N–H and O–H groups in total. The normalized spacial score (nSPS) is 12.8. The third kappa shape index (κ3) is 4.27. The van der Waals surface area contributed by atoms with Crippen LogP contribution in [-0.2, 0) is 9.59 Å². The Labute approximate surface area is 201 Å². The van der Waals surface area contributed by atoms with E-state index >= 15 is 0 Å². The molecule has 0 aliphatic carbocycles. The highest BCUT2D eigenvalue weighted by atomic mass is 32.1. The van der Waals surface area contributed by atoms with Gasteiger partial charge < -0.3 is 10.1 Å². The lowest BCUT2D eigenvalue weighted by Crippen LogP contribution is -2.43. The first kappa shape index (κ1) is 21.8. The van der Waals surface area contributed by atoms with Gasteiger partial charge >= 0.3 is 0 Å². The number of anilines is 2. The maximum absolute atomic E-state index is 12.9. The van der Waals surface area contributed by atoms with Gasteiger partial charge in [-0.2, -0.15) is 0 Å². The molecule has 2 amide bonds. The minimum Gasteiger partial charge on any atom is -0.482 e. The monoisotopic (exact) mass is 470 g/mol. The van der Waals surface area contributed by atoms with Gasteiger partial charge in [0.25, 0.3) is 5.91 Å². The fourth-order valence-corrected chi connectivity index (χ4v) is 4.57. The van der Waals surface area contributed by atoms with E-state index in [9.17, 15) is 9.59 Å². The van der Waals surface area contributed by atoms with E-state index < -0.39 is 0 Å². The summed E-state index contributed by atoms with van der Waals surface area (Å²) in [5.41, 5.74) is 5.78. The predicted molar refractivity (Wildman–Crippen MR) is 133 cm³/mol. The minimum atomic E-state index is -0.272. The van der Waals surface area contributed by atoms with Crippen molar-refractivity contribution in [3.63, 3.8) is 0 Å². The van der Waals surface area contributed by atoms with Gasteiger partial charge in [-0.15, -0.1) is 11.3 Å². The van der Waals surface area contributed by atoms with Crippen molar-refractivity contribution < 1.29 is 14.3 Å². The number of carbonyl (C=O) groups is 2. The van der Waals surface area contributed by atoms with Gasteiger partial charge in [0.05, 0.1) is 17.1 Å². The van der Waals surface area contributed by atoms with Gasteiger partial charge in [-0.05, 0) is 61.4 Å². The second kappa shape index (κ2) is 9.07. The lowest BCUT2D eigenvalue weighted by Gasteiger charge is -2.29. The molecule has 34 heavy (non-hydrogen) atoms. The van der Waals surface area contributed by atoms with Crippen LogP contribution in [-0.4, -0.2) is 34.9 Å². The zero-order valence-electron chi connectivity index (χ0n) is 18.7. The average molecular weight is 471 g/mol. The summed E-state index contributed by atoms with van der Waals surface area (Å²) in [7, 11) is 0. The van der Waals surface area contributed by atoms with E-state index in [-0.39, 0.29) is 25.0 Å². The summed E-state index contributed by atoms with van der Waals surface area (Å²) in [6.45, 7) is 3.73. The van der Waals surface area contributed by atoms with E-state index in [1.807, 2.05) is 73.8 Å². The molecule has 0 radical (unpaired) electrons. The maximum atomic E-state index is 12.9. The highest BCUT2D eigenvalue weighted by Gasteiger charge is 2.28. The number of carbonyl (C=O) groups excluding carboxylic acids is 2. The number of pyridine rings is 1. The molecule has 0 spiro atoms. The van der Waals surface area contributed by atoms with Crippen molar-refractivity contribution in [3.8, 4) is 27.7 Å². The van der Waals surface area contributed by atoms with Gasteiger partial charge in [-0.3, -0.25) is 19.5 Å². The molecule has 0 saturated heterocycles. The maximum Gasteiger partial charge on any atom is 0.265 e. The van der Waals surface area contributed by atoms with Crippen LogP contribution in [0.5, 0.6) is 5.75 Å². The van der Waals surface area contributed by atoms with Crippen LogP contribution in [0.2, 0.25) is 0 Å². The summed E-state index contributed by atoms with van der Waals surface area (Å²) in [6.07, 6.45) is 1.74. The van der Waals surface area contributed by atoms with Crippen LogP contribution >= 0.6 is 11.3 Å². The molecular formula is C26H22N4O3S. The van der Waals surface area contributed by atoms with Crippen LogP contribution in [0.15, 0.2) is 66.2 Å². The summed E-state index contributed by atoms with van der Waals surface area (Å²) in [5, 5.41) is 5.69. The smallest absolute Gasteiger partial charge is 0.265 e. The van der Waals surface area contributed by atoms with E-state index in [4.69, 9.17) is 9.72 Å². The van der Waals surface area contributed by atoms with E-state index in [1.165, 1.54) is 16.2 Å². The molecule has 170 valence electrons. The fraction of sp³-hybridized carbons (Fsp3) is 0.154. The summed E-state index contributed by atoms with van der Waals surface area (Å²) >= 11 is 1.50. The third-order valence-corrected chi connectivity index (χ3v) is 6.63. The van der Waals surface area contributed by atoms with Crippen LogP contribution in [0.1, 0.15) is 11.1 Å². The van der Waals surface area contributed by atoms with Gasteiger partial charge in [0, 0.05) is 22.8 Å². The van der Waals surface area contributed by atoms with Crippen molar-refractivity contribution in [2.24, 2.45) is 0 Å². The molecule has 2 aromatic carbocycles. The Bertz CT molecular complexity index is 1380. The van der Waals surface area contributed by atoms with E-state index in [2.05, 4.69) is 10.3 Å². The van der Waals surface area contributed by atoms with E-state index in [1.54, 1.807) is 6.20 Å². The number of fused-ring (bicyclic) bond motifs is 1. The number of amides is 2. The Morgan fingerprint density at radius 2 is 2.00 bits per heavy atom. The van der Waals surface area contributed by atoms with Crippen LogP contribution < -0.4 is 15.0 Å². The van der Waals surface area contributed by atoms with Gasteiger partial charge in [-0.1, -0.05) is 18.2 Å². The summed E-state index contributed by atoms with van der Waals surface area (Å²) in [4.78, 5) is 36.1. The SMILES string of the molecule is Cc1cccc(NC(=O)CN2C(=O)COc3ccc(-c4csc(-c5ccccn5)n4)cc32)c1C. The molecule has 0 fully saturated rings. The first-order valence-electron chi connectivity index (χ1n) is 10.8. The van der Waals surface area contributed by atoms with E-state index in [0.29, 0.717) is 11.4 Å². The number of rotatable bonds is 5. The topological polar surface area (TPSA) is 84.4 Å².